The van der Waals surface area contributed by atoms with Crippen LogP contribution in [0.15, 0.2) is 24.3 Å². The number of Topliss-reactive ketones (excluding diaryl/α,β-unsaturated/α-hetero) is 1. The second-order valence-corrected chi connectivity index (χ2v) is 6.28. The molecule has 94 valence electrons. The van der Waals surface area contributed by atoms with Crippen molar-refractivity contribution in [1.29, 1.82) is 0 Å². The Morgan fingerprint density at radius 3 is 2.24 bits per heavy atom. The summed E-state index contributed by atoms with van der Waals surface area (Å²) in [4.78, 5) is 12.4. The molecule has 0 atom stereocenters. The van der Waals surface area contributed by atoms with Crippen LogP contribution in [0, 0.1) is 0 Å². The highest BCUT2D eigenvalue weighted by Gasteiger charge is 2.32. The lowest BCUT2D eigenvalue weighted by molar-refractivity contribution is 0.0853. The molecule has 17 heavy (non-hydrogen) atoms. The molecule has 1 aromatic rings. The van der Waals surface area contributed by atoms with Gasteiger partial charge in [0.15, 0.2) is 5.78 Å². The number of hydrogen-bond acceptors (Lipinski definition) is 2. The molecule has 0 amide bonds. The van der Waals surface area contributed by atoms with Gasteiger partial charge in [0, 0.05) is 16.1 Å². The van der Waals surface area contributed by atoms with Crippen LogP contribution in [-0.4, -0.2) is 16.9 Å². The monoisotopic (exact) mass is 253 g/mol. The summed E-state index contributed by atoms with van der Waals surface area (Å²) < 4.78 is 0. The Labute approximate surface area is 108 Å². The van der Waals surface area contributed by atoms with E-state index in [2.05, 4.69) is 5.32 Å². The third-order valence-corrected chi connectivity index (χ3v) is 2.58. The maximum absolute atomic E-state index is 12.4. The second-order valence-electron chi connectivity index (χ2n) is 5.84. The third-order valence-electron chi connectivity index (χ3n) is 2.34. The molecule has 0 heterocycles. The van der Waals surface area contributed by atoms with Crippen molar-refractivity contribution in [3.05, 3.63) is 34.9 Å². The fourth-order valence-electron chi connectivity index (χ4n) is 1.98. The van der Waals surface area contributed by atoms with Crippen molar-refractivity contribution >= 4 is 17.4 Å². The van der Waals surface area contributed by atoms with Gasteiger partial charge in [0.1, 0.15) is 0 Å². The van der Waals surface area contributed by atoms with Gasteiger partial charge < -0.3 is 5.32 Å². The van der Waals surface area contributed by atoms with Crippen LogP contribution in [0.25, 0.3) is 0 Å². The van der Waals surface area contributed by atoms with Crippen molar-refractivity contribution in [3.8, 4) is 0 Å². The molecule has 0 aromatic heterocycles. The first kappa shape index (κ1) is 14.2. The van der Waals surface area contributed by atoms with Gasteiger partial charge in [0.05, 0.1) is 5.54 Å². The van der Waals surface area contributed by atoms with Crippen LogP contribution in [0.5, 0.6) is 0 Å². The van der Waals surface area contributed by atoms with Gasteiger partial charge in [-0.25, -0.2) is 0 Å². The number of hydrogen-bond donors (Lipinski definition) is 1. The van der Waals surface area contributed by atoms with E-state index in [0.29, 0.717) is 10.6 Å². The lowest BCUT2D eigenvalue weighted by Crippen LogP contribution is -2.55. The van der Waals surface area contributed by atoms with Crippen LogP contribution in [0.2, 0.25) is 5.02 Å². The Morgan fingerprint density at radius 1 is 1.18 bits per heavy atom. The van der Waals surface area contributed by atoms with Crippen LogP contribution < -0.4 is 5.32 Å². The summed E-state index contributed by atoms with van der Waals surface area (Å²) in [7, 11) is 0. The van der Waals surface area contributed by atoms with Crippen molar-refractivity contribution in [2.45, 2.75) is 45.7 Å². The molecule has 0 aliphatic carbocycles. The number of nitrogens with one attached hydrogen (secondary N) is 1. The van der Waals surface area contributed by atoms with Gasteiger partial charge >= 0.3 is 0 Å². The largest absolute Gasteiger partial charge is 0.300 e. The predicted molar refractivity (Wildman–Crippen MR) is 72.8 cm³/mol. The number of carbonyl (C=O) groups excluding carboxylic acids is 1. The average molecular weight is 254 g/mol. The van der Waals surface area contributed by atoms with E-state index in [0.717, 1.165) is 0 Å². The summed E-state index contributed by atoms with van der Waals surface area (Å²) in [5, 5.41) is 3.91. The second kappa shape index (κ2) is 4.79. The van der Waals surface area contributed by atoms with Crippen LogP contribution in [0.3, 0.4) is 0 Å². The minimum atomic E-state index is -0.608. The zero-order valence-electron chi connectivity index (χ0n) is 11.1. The van der Waals surface area contributed by atoms with Gasteiger partial charge in [-0.05, 0) is 46.8 Å². The molecule has 0 bridgehead atoms. The highest BCUT2D eigenvalue weighted by atomic mass is 35.5. The van der Waals surface area contributed by atoms with Crippen molar-refractivity contribution < 1.29 is 4.79 Å². The Balaban J connectivity index is 2.96. The molecule has 0 radical (unpaired) electrons. The van der Waals surface area contributed by atoms with Crippen molar-refractivity contribution in [3.63, 3.8) is 0 Å². The van der Waals surface area contributed by atoms with Crippen molar-refractivity contribution in [1.82, 2.24) is 5.32 Å². The minimum absolute atomic E-state index is 0.0509. The minimum Gasteiger partial charge on any atom is -0.300 e. The number of halogens is 1. The summed E-state index contributed by atoms with van der Waals surface area (Å²) in [5.74, 6) is 0.0509. The normalized spacial score (nSPS) is 12.6. The highest BCUT2D eigenvalue weighted by Crippen LogP contribution is 2.19. The number of rotatable bonds is 3. The smallest absolute Gasteiger partial charge is 0.182 e. The van der Waals surface area contributed by atoms with E-state index < -0.39 is 5.54 Å². The standard InChI is InChI=1S/C14H20ClNO/c1-13(2,3)16-14(4,5)12(17)10-7-6-8-11(15)9-10/h6-9,16H,1-5H3. The average Bonchev–Trinajstić information content (AvgIpc) is 2.12. The Bertz CT molecular complexity index is 418. The fraction of sp³-hybridized carbons (Fsp3) is 0.500. The van der Waals surface area contributed by atoms with E-state index in [1.807, 2.05) is 34.6 Å². The Morgan fingerprint density at radius 2 is 1.76 bits per heavy atom. The number of benzene rings is 1. The van der Waals surface area contributed by atoms with Gasteiger partial charge in [0.2, 0.25) is 0 Å². The van der Waals surface area contributed by atoms with Gasteiger partial charge in [-0.1, -0.05) is 23.7 Å². The molecule has 0 spiro atoms. The molecule has 0 saturated carbocycles. The Kier molecular flexibility index (Phi) is 4.00. The summed E-state index contributed by atoms with van der Waals surface area (Å²) >= 11 is 5.90. The first-order valence-corrected chi connectivity index (χ1v) is 6.09. The summed E-state index contributed by atoms with van der Waals surface area (Å²) in [6.07, 6.45) is 0. The fourth-order valence-corrected chi connectivity index (χ4v) is 2.18. The molecule has 1 N–H and O–H groups in total. The molecule has 0 unspecified atom stereocenters. The highest BCUT2D eigenvalue weighted by molar-refractivity contribution is 6.31. The van der Waals surface area contributed by atoms with E-state index in [1.165, 1.54) is 0 Å². The number of ketones is 1. The summed E-state index contributed by atoms with van der Waals surface area (Å²) in [6, 6.07) is 7.06. The quantitative estimate of drug-likeness (QED) is 0.833. The van der Waals surface area contributed by atoms with Gasteiger partial charge in [-0.15, -0.1) is 0 Å². The lowest BCUT2D eigenvalue weighted by atomic mass is 9.90. The molecule has 0 aliphatic heterocycles. The van der Waals surface area contributed by atoms with Crippen LogP contribution >= 0.6 is 11.6 Å². The summed E-state index contributed by atoms with van der Waals surface area (Å²) in [6.45, 7) is 9.91. The van der Waals surface area contributed by atoms with E-state index in [1.54, 1.807) is 24.3 Å². The summed E-state index contributed by atoms with van der Waals surface area (Å²) in [5.41, 5.74) is -0.0834. The molecule has 1 rings (SSSR count). The first-order chi connectivity index (χ1) is 7.62. The molecule has 0 saturated heterocycles. The zero-order valence-corrected chi connectivity index (χ0v) is 11.9. The third kappa shape index (κ3) is 4.14. The number of carbonyl (C=O) groups is 1. The lowest BCUT2D eigenvalue weighted by Gasteiger charge is -2.33. The van der Waals surface area contributed by atoms with Crippen LogP contribution in [0.1, 0.15) is 45.0 Å². The molecule has 0 aliphatic rings. The SMILES string of the molecule is CC(C)(C)NC(C)(C)C(=O)c1cccc(Cl)c1. The molecular formula is C14H20ClNO. The predicted octanol–water partition coefficient (Wildman–Crippen LogP) is 3.69. The maximum atomic E-state index is 12.4. The van der Waals surface area contributed by atoms with E-state index in [9.17, 15) is 4.79 Å². The molecule has 3 heteroatoms. The van der Waals surface area contributed by atoms with Crippen molar-refractivity contribution in [2.75, 3.05) is 0 Å². The topological polar surface area (TPSA) is 29.1 Å². The van der Waals surface area contributed by atoms with Crippen LogP contribution in [0.4, 0.5) is 0 Å². The van der Waals surface area contributed by atoms with Crippen LogP contribution in [-0.2, 0) is 0 Å². The van der Waals surface area contributed by atoms with E-state index in [-0.39, 0.29) is 11.3 Å². The zero-order chi connectivity index (χ0) is 13.3. The molecular weight excluding hydrogens is 234 g/mol. The van der Waals surface area contributed by atoms with Gasteiger partial charge in [0.25, 0.3) is 0 Å². The Hall–Kier alpha value is -0.860. The van der Waals surface area contributed by atoms with E-state index in [4.69, 9.17) is 11.6 Å². The van der Waals surface area contributed by atoms with Gasteiger partial charge in [-0.3, -0.25) is 4.79 Å². The van der Waals surface area contributed by atoms with E-state index >= 15 is 0 Å². The molecule has 0 fully saturated rings. The van der Waals surface area contributed by atoms with Crippen molar-refractivity contribution in [2.24, 2.45) is 0 Å². The molecule has 2 nitrogen and oxygen atoms in total. The van der Waals surface area contributed by atoms with Gasteiger partial charge in [-0.2, -0.15) is 0 Å². The molecule has 1 aromatic carbocycles. The first-order valence-electron chi connectivity index (χ1n) is 5.71. The maximum Gasteiger partial charge on any atom is 0.182 e.